The molecular formula is C18H18OSe. The molecule has 0 bridgehead atoms. The fraction of sp³-hybridized carbons (Fsp3) is 0.111. The first-order valence-corrected chi connectivity index (χ1v) is 8.28. The zero-order chi connectivity index (χ0) is 14.0. The van der Waals surface area contributed by atoms with Gasteiger partial charge in [-0.05, 0) is 0 Å². The third kappa shape index (κ3) is 5.08. The third-order valence-corrected chi connectivity index (χ3v) is 4.76. The quantitative estimate of drug-likeness (QED) is 0.328. The van der Waals surface area contributed by atoms with E-state index in [1.54, 1.807) is 6.08 Å². The van der Waals surface area contributed by atoms with E-state index < -0.39 is 0 Å². The zero-order valence-electron chi connectivity index (χ0n) is 11.4. The van der Waals surface area contributed by atoms with Crippen LogP contribution in [0.3, 0.4) is 0 Å². The van der Waals surface area contributed by atoms with Gasteiger partial charge in [-0.2, -0.15) is 0 Å². The number of allylic oxidation sites excluding steroid dienone is 1. The third-order valence-electron chi connectivity index (χ3n) is 2.64. The summed E-state index contributed by atoms with van der Waals surface area (Å²) in [6, 6.07) is 21.1. The summed E-state index contributed by atoms with van der Waals surface area (Å²) in [6.45, 7) is 4.24. The molecule has 102 valence electrons. The molecule has 0 unspecified atom stereocenters. The van der Waals surface area contributed by atoms with E-state index in [0.29, 0.717) is 6.61 Å². The molecule has 0 fully saturated rings. The van der Waals surface area contributed by atoms with Crippen LogP contribution in [0.1, 0.15) is 5.56 Å². The predicted molar refractivity (Wildman–Crippen MR) is 86.2 cm³/mol. The minimum atomic E-state index is 0.290. The second-order valence-electron chi connectivity index (χ2n) is 4.28. The van der Waals surface area contributed by atoms with E-state index in [9.17, 15) is 0 Å². The summed E-state index contributed by atoms with van der Waals surface area (Å²) in [4.78, 5) is 0. The summed E-state index contributed by atoms with van der Waals surface area (Å²) >= 11 is 0.290. The fourth-order valence-electron chi connectivity index (χ4n) is 1.75. The molecule has 2 heteroatoms. The number of ether oxygens (including phenoxy) is 1. The topological polar surface area (TPSA) is 9.23 Å². The maximum absolute atomic E-state index is 5.52. The Morgan fingerprint density at radius 1 is 1.00 bits per heavy atom. The Bertz CT molecular complexity index is 503. The van der Waals surface area contributed by atoms with E-state index in [1.807, 2.05) is 18.4 Å². The van der Waals surface area contributed by atoms with Crippen LogP contribution in [0, 0.1) is 0 Å². The van der Waals surface area contributed by atoms with Crippen molar-refractivity contribution in [1.82, 2.24) is 0 Å². The molecule has 0 saturated heterocycles. The molecule has 0 saturated carbocycles. The summed E-state index contributed by atoms with van der Waals surface area (Å²) in [5.41, 5.74) is 1.32. The van der Waals surface area contributed by atoms with Gasteiger partial charge in [0, 0.05) is 0 Å². The van der Waals surface area contributed by atoms with Crippen molar-refractivity contribution in [2.75, 3.05) is 6.61 Å². The van der Waals surface area contributed by atoms with Crippen LogP contribution in [0.15, 0.2) is 84.1 Å². The van der Waals surface area contributed by atoms with Crippen LogP contribution in [-0.4, -0.2) is 21.6 Å². The summed E-state index contributed by atoms with van der Waals surface area (Å²) in [5.74, 6) is 0. The molecule has 0 aliphatic carbocycles. The SMILES string of the molecule is C=CCO/C=C(/Cc1ccccc1)[Se]c1ccccc1. The van der Waals surface area contributed by atoms with Gasteiger partial charge in [-0.1, -0.05) is 0 Å². The molecule has 1 nitrogen and oxygen atoms in total. The van der Waals surface area contributed by atoms with Crippen LogP contribution in [-0.2, 0) is 11.2 Å². The van der Waals surface area contributed by atoms with Gasteiger partial charge in [0.2, 0.25) is 0 Å². The molecule has 2 rings (SSSR count). The Balaban J connectivity index is 2.08. The summed E-state index contributed by atoms with van der Waals surface area (Å²) < 4.78 is 8.22. The van der Waals surface area contributed by atoms with Crippen molar-refractivity contribution in [3.8, 4) is 0 Å². The molecule has 0 radical (unpaired) electrons. The molecule has 2 aromatic carbocycles. The molecule has 20 heavy (non-hydrogen) atoms. The molecular weight excluding hydrogens is 311 g/mol. The van der Waals surface area contributed by atoms with Crippen LogP contribution in [0.5, 0.6) is 0 Å². The van der Waals surface area contributed by atoms with Gasteiger partial charge in [-0.3, -0.25) is 0 Å². The van der Waals surface area contributed by atoms with Gasteiger partial charge in [-0.25, -0.2) is 0 Å². The Labute approximate surface area is 127 Å². The molecule has 0 N–H and O–H groups in total. The molecule has 0 amide bonds. The maximum atomic E-state index is 5.52. The predicted octanol–water partition coefficient (Wildman–Crippen LogP) is 3.30. The molecule has 2 aromatic rings. The van der Waals surface area contributed by atoms with Crippen molar-refractivity contribution in [2.24, 2.45) is 0 Å². The van der Waals surface area contributed by atoms with Crippen molar-refractivity contribution >= 4 is 19.4 Å². The standard InChI is InChI=1S/C18H18OSe/c1-2-13-19-15-18(14-16-9-5-3-6-10-16)20-17-11-7-4-8-12-17/h2-12,15H,1,13-14H2/b18-15-. The van der Waals surface area contributed by atoms with Gasteiger partial charge in [0.25, 0.3) is 0 Å². The monoisotopic (exact) mass is 330 g/mol. The van der Waals surface area contributed by atoms with Gasteiger partial charge in [0.15, 0.2) is 0 Å². The van der Waals surface area contributed by atoms with Crippen LogP contribution in [0.2, 0.25) is 0 Å². The molecule has 0 aromatic heterocycles. The minimum absolute atomic E-state index is 0.290. The zero-order valence-corrected chi connectivity index (χ0v) is 13.1. The average Bonchev–Trinajstić information content (AvgIpc) is 2.49. The van der Waals surface area contributed by atoms with Crippen molar-refractivity contribution in [3.05, 3.63) is 89.6 Å². The average molecular weight is 329 g/mol. The van der Waals surface area contributed by atoms with Gasteiger partial charge < -0.3 is 0 Å². The number of hydrogen-bond donors (Lipinski definition) is 0. The molecule has 0 aliphatic heterocycles. The van der Waals surface area contributed by atoms with Crippen LogP contribution < -0.4 is 4.46 Å². The van der Waals surface area contributed by atoms with Crippen molar-refractivity contribution in [1.29, 1.82) is 0 Å². The Morgan fingerprint density at radius 2 is 1.65 bits per heavy atom. The van der Waals surface area contributed by atoms with Crippen molar-refractivity contribution in [2.45, 2.75) is 6.42 Å². The molecule has 0 spiro atoms. The van der Waals surface area contributed by atoms with E-state index in [-0.39, 0.29) is 15.0 Å². The summed E-state index contributed by atoms with van der Waals surface area (Å²) in [7, 11) is 0. The first-order valence-electron chi connectivity index (χ1n) is 6.57. The van der Waals surface area contributed by atoms with Crippen LogP contribution in [0.4, 0.5) is 0 Å². The molecule has 0 atom stereocenters. The van der Waals surface area contributed by atoms with Crippen molar-refractivity contribution in [3.63, 3.8) is 0 Å². The summed E-state index contributed by atoms with van der Waals surface area (Å²) in [6.07, 6.45) is 4.61. The van der Waals surface area contributed by atoms with Crippen molar-refractivity contribution < 1.29 is 4.74 Å². The van der Waals surface area contributed by atoms with E-state index >= 15 is 0 Å². The Hall–Kier alpha value is -1.76. The number of rotatable bonds is 7. The van der Waals surface area contributed by atoms with Gasteiger partial charge in [0.1, 0.15) is 0 Å². The van der Waals surface area contributed by atoms with E-state index in [1.165, 1.54) is 14.5 Å². The van der Waals surface area contributed by atoms with Gasteiger partial charge >= 0.3 is 127 Å². The fourth-order valence-corrected chi connectivity index (χ4v) is 3.74. The van der Waals surface area contributed by atoms with Gasteiger partial charge in [-0.15, -0.1) is 0 Å². The summed E-state index contributed by atoms with van der Waals surface area (Å²) in [5, 5.41) is 0. The Morgan fingerprint density at radius 3 is 2.30 bits per heavy atom. The van der Waals surface area contributed by atoms with E-state index in [2.05, 4.69) is 55.1 Å². The normalized spacial score (nSPS) is 11.1. The van der Waals surface area contributed by atoms with E-state index in [4.69, 9.17) is 4.74 Å². The number of benzene rings is 2. The van der Waals surface area contributed by atoms with Gasteiger partial charge in [0.05, 0.1) is 0 Å². The van der Waals surface area contributed by atoms with Crippen LogP contribution in [0.25, 0.3) is 0 Å². The first-order chi connectivity index (χ1) is 9.88. The second-order valence-corrected chi connectivity index (χ2v) is 6.80. The van der Waals surface area contributed by atoms with Crippen LogP contribution >= 0.6 is 0 Å². The Kier molecular flexibility index (Phi) is 6.16. The number of hydrogen-bond acceptors (Lipinski definition) is 1. The molecule has 0 heterocycles. The first kappa shape index (κ1) is 14.6. The van der Waals surface area contributed by atoms with E-state index in [0.717, 1.165) is 6.42 Å². The molecule has 0 aliphatic rings. The second kappa shape index (κ2) is 8.42.